The minimum Gasteiger partial charge on any atom is -0.444 e. The Labute approximate surface area is 201 Å². The molecule has 0 saturated carbocycles. The van der Waals surface area contributed by atoms with Crippen LogP contribution < -0.4 is 9.80 Å². The van der Waals surface area contributed by atoms with Crippen LogP contribution in [0.3, 0.4) is 0 Å². The van der Waals surface area contributed by atoms with Gasteiger partial charge in [0.15, 0.2) is 0 Å². The normalized spacial score (nSPS) is 18.9. The predicted octanol–water partition coefficient (Wildman–Crippen LogP) is 3.91. The fourth-order valence-electron chi connectivity index (χ4n) is 4.91. The molecular formula is C24H26N4O5S. The largest absolute Gasteiger partial charge is 0.444 e. The van der Waals surface area contributed by atoms with Crippen molar-refractivity contribution in [2.45, 2.75) is 25.5 Å². The van der Waals surface area contributed by atoms with Crippen LogP contribution in [0.1, 0.15) is 28.8 Å². The van der Waals surface area contributed by atoms with Gasteiger partial charge in [0, 0.05) is 60.9 Å². The first kappa shape index (κ1) is 22.5. The Morgan fingerprint density at radius 1 is 1.03 bits per heavy atom. The van der Waals surface area contributed by atoms with Gasteiger partial charge in [0.05, 0.1) is 10.6 Å². The maximum Gasteiger partial charge on any atom is 0.414 e. The summed E-state index contributed by atoms with van der Waals surface area (Å²) in [7, 11) is 0. The zero-order valence-corrected chi connectivity index (χ0v) is 19.5. The molecule has 178 valence electrons. The molecule has 3 aliphatic heterocycles. The van der Waals surface area contributed by atoms with Crippen molar-refractivity contribution in [3.8, 4) is 0 Å². The van der Waals surface area contributed by atoms with E-state index in [2.05, 4.69) is 0 Å². The van der Waals surface area contributed by atoms with Crippen molar-refractivity contribution in [2.24, 2.45) is 0 Å². The number of cyclic esters (lactones) is 1. The van der Waals surface area contributed by atoms with E-state index in [-0.39, 0.29) is 30.3 Å². The van der Waals surface area contributed by atoms with Crippen LogP contribution in [0.2, 0.25) is 0 Å². The number of amides is 2. The lowest BCUT2D eigenvalue weighted by Gasteiger charge is -2.40. The highest BCUT2D eigenvalue weighted by atomic mass is 32.2. The second-order valence-corrected chi connectivity index (χ2v) is 9.86. The Morgan fingerprint density at radius 3 is 2.50 bits per heavy atom. The average Bonchev–Trinajstić information content (AvgIpc) is 2.88. The summed E-state index contributed by atoms with van der Waals surface area (Å²) in [4.78, 5) is 42.3. The highest BCUT2D eigenvalue weighted by molar-refractivity contribution is 7.99. The minimum atomic E-state index is -0.414. The van der Waals surface area contributed by atoms with Crippen molar-refractivity contribution in [1.29, 1.82) is 0 Å². The Morgan fingerprint density at radius 2 is 1.76 bits per heavy atom. The Balaban J connectivity index is 1.32. The average molecular weight is 483 g/mol. The van der Waals surface area contributed by atoms with E-state index in [1.165, 1.54) is 6.07 Å². The van der Waals surface area contributed by atoms with E-state index in [4.69, 9.17) is 4.74 Å². The van der Waals surface area contributed by atoms with Gasteiger partial charge < -0.3 is 14.5 Å². The standard InChI is InChI=1S/C24H26N4O5S/c29-23(26-11-13-34-14-12-26)17-5-6-21(22(15-17)28(31)32)25-9-7-19(8-10-25)27-20-4-2-1-3-18(20)16-33-24(27)30/h1-6,15,19H,7-14,16H2. The number of nitrogens with zero attached hydrogens (tertiary/aromatic N) is 4. The Hall–Kier alpha value is -3.27. The number of thioether (sulfide) groups is 1. The summed E-state index contributed by atoms with van der Waals surface area (Å²) in [5, 5.41) is 11.9. The van der Waals surface area contributed by atoms with Crippen molar-refractivity contribution in [2.75, 3.05) is 47.5 Å². The highest BCUT2D eigenvalue weighted by Gasteiger charge is 2.35. The summed E-state index contributed by atoms with van der Waals surface area (Å²) in [6.07, 6.45) is 0.974. The van der Waals surface area contributed by atoms with Gasteiger partial charge in [-0.2, -0.15) is 11.8 Å². The number of piperidine rings is 1. The fraction of sp³-hybridized carbons (Fsp3) is 0.417. The van der Waals surface area contributed by atoms with E-state index >= 15 is 0 Å². The molecule has 5 rings (SSSR count). The molecule has 34 heavy (non-hydrogen) atoms. The van der Waals surface area contributed by atoms with Crippen molar-refractivity contribution in [3.05, 3.63) is 63.7 Å². The molecule has 0 aliphatic carbocycles. The molecule has 3 heterocycles. The third-order valence-corrected chi connectivity index (χ3v) is 7.63. The summed E-state index contributed by atoms with van der Waals surface area (Å²) >= 11 is 1.81. The topological polar surface area (TPSA) is 96.2 Å². The zero-order valence-electron chi connectivity index (χ0n) is 18.7. The van der Waals surface area contributed by atoms with Crippen LogP contribution in [0, 0.1) is 10.1 Å². The first-order valence-corrected chi connectivity index (χ1v) is 12.6. The molecule has 9 nitrogen and oxygen atoms in total. The van der Waals surface area contributed by atoms with Gasteiger partial charge in [0.2, 0.25) is 0 Å². The fourth-order valence-corrected chi connectivity index (χ4v) is 5.81. The summed E-state index contributed by atoms with van der Waals surface area (Å²) in [5.74, 6) is 1.61. The first-order valence-electron chi connectivity index (χ1n) is 11.5. The lowest BCUT2D eigenvalue weighted by atomic mass is 9.99. The molecule has 0 radical (unpaired) electrons. The van der Waals surface area contributed by atoms with Crippen LogP contribution >= 0.6 is 11.8 Å². The molecule has 0 unspecified atom stereocenters. The zero-order chi connectivity index (χ0) is 23.7. The molecule has 0 N–H and O–H groups in total. The molecule has 10 heteroatoms. The third kappa shape index (κ3) is 4.29. The SMILES string of the molecule is O=C(c1ccc(N2CCC(N3C(=O)OCc4ccccc43)CC2)c([N+](=O)[O-])c1)N1CCSCC1. The van der Waals surface area contributed by atoms with Gasteiger partial charge in [-0.1, -0.05) is 18.2 Å². The number of anilines is 2. The van der Waals surface area contributed by atoms with Crippen LogP contribution in [-0.2, 0) is 11.3 Å². The van der Waals surface area contributed by atoms with Gasteiger partial charge >= 0.3 is 6.09 Å². The number of nitro groups is 1. The van der Waals surface area contributed by atoms with Gasteiger partial charge in [-0.3, -0.25) is 19.8 Å². The minimum absolute atomic E-state index is 0.0397. The van der Waals surface area contributed by atoms with E-state index in [1.54, 1.807) is 33.7 Å². The number of ether oxygens (including phenoxy) is 1. The molecule has 3 aliphatic rings. The third-order valence-electron chi connectivity index (χ3n) is 6.69. The summed E-state index contributed by atoms with van der Waals surface area (Å²) < 4.78 is 5.36. The van der Waals surface area contributed by atoms with Crippen LogP contribution in [0.4, 0.5) is 21.9 Å². The van der Waals surface area contributed by atoms with Crippen molar-refractivity contribution in [1.82, 2.24) is 4.90 Å². The van der Waals surface area contributed by atoms with Crippen molar-refractivity contribution in [3.63, 3.8) is 0 Å². The lowest BCUT2D eigenvalue weighted by Crippen LogP contribution is -2.49. The molecule has 0 aromatic heterocycles. The molecular weight excluding hydrogens is 456 g/mol. The van der Waals surface area contributed by atoms with Crippen LogP contribution in [-0.4, -0.2) is 65.6 Å². The molecule has 2 fully saturated rings. The van der Waals surface area contributed by atoms with E-state index in [0.29, 0.717) is 50.3 Å². The van der Waals surface area contributed by atoms with Gasteiger partial charge in [0.1, 0.15) is 12.3 Å². The number of rotatable bonds is 4. The van der Waals surface area contributed by atoms with Crippen molar-refractivity contribution < 1.29 is 19.2 Å². The summed E-state index contributed by atoms with van der Waals surface area (Å²) in [5.41, 5.74) is 2.66. The van der Waals surface area contributed by atoms with Crippen LogP contribution in [0.25, 0.3) is 0 Å². The quantitative estimate of drug-likeness (QED) is 0.482. The van der Waals surface area contributed by atoms with Gasteiger partial charge in [0.25, 0.3) is 11.6 Å². The maximum absolute atomic E-state index is 12.8. The van der Waals surface area contributed by atoms with Crippen LogP contribution in [0.15, 0.2) is 42.5 Å². The number of hydrogen-bond donors (Lipinski definition) is 0. The predicted molar refractivity (Wildman–Crippen MR) is 131 cm³/mol. The second-order valence-electron chi connectivity index (χ2n) is 8.64. The molecule has 2 aromatic carbocycles. The monoisotopic (exact) mass is 482 g/mol. The molecule has 2 aromatic rings. The molecule has 0 bridgehead atoms. The molecule has 2 amide bonds. The van der Waals surface area contributed by atoms with E-state index in [0.717, 1.165) is 22.8 Å². The highest BCUT2D eigenvalue weighted by Crippen LogP contribution is 2.35. The second kappa shape index (κ2) is 9.54. The van der Waals surface area contributed by atoms with E-state index < -0.39 is 4.92 Å². The molecule has 2 saturated heterocycles. The number of para-hydroxylation sites is 1. The smallest absolute Gasteiger partial charge is 0.414 e. The molecule has 0 atom stereocenters. The Kier molecular flexibility index (Phi) is 6.32. The molecule has 0 spiro atoms. The van der Waals surface area contributed by atoms with Crippen LogP contribution in [0.5, 0.6) is 0 Å². The number of carbonyl (C=O) groups is 2. The number of benzene rings is 2. The summed E-state index contributed by atoms with van der Waals surface area (Å²) in [6.45, 7) is 2.73. The summed E-state index contributed by atoms with van der Waals surface area (Å²) in [6, 6.07) is 12.5. The Bertz CT molecular complexity index is 1110. The van der Waals surface area contributed by atoms with Crippen molar-refractivity contribution >= 4 is 40.8 Å². The maximum atomic E-state index is 12.8. The number of hydrogen-bond acceptors (Lipinski definition) is 7. The number of fused-ring (bicyclic) bond motifs is 1. The van der Waals surface area contributed by atoms with E-state index in [1.807, 2.05) is 29.2 Å². The van der Waals surface area contributed by atoms with Gasteiger partial charge in [-0.05, 0) is 31.0 Å². The van der Waals surface area contributed by atoms with Gasteiger partial charge in [-0.15, -0.1) is 0 Å². The lowest BCUT2D eigenvalue weighted by molar-refractivity contribution is -0.384. The van der Waals surface area contributed by atoms with Gasteiger partial charge in [-0.25, -0.2) is 4.79 Å². The van der Waals surface area contributed by atoms with E-state index in [9.17, 15) is 19.7 Å². The number of nitro benzene ring substituents is 1. The number of carbonyl (C=O) groups excluding carboxylic acids is 2. The first-order chi connectivity index (χ1) is 16.5.